The maximum absolute atomic E-state index is 2.35. The first kappa shape index (κ1) is 69.0. The summed E-state index contributed by atoms with van der Waals surface area (Å²) in [5.74, 6) is 0. The fraction of sp³-hybridized carbons (Fsp3) is 1.00. The normalized spacial score (nSPS) is 12.0. The van der Waals surface area contributed by atoms with Gasteiger partial charge in [-0.3, -0.25) is 0 Å². The summed E-state index contributed by atoms with van der Waals surface area (Å²) in [6.07, 6.45) is 88.7. The van der Waals surface area contributed by atoms with Gasteiger partial charge in [0.2, 0.25) is 0 Å². The monoisotopic (exact) mass is 971 g/mol. The minimum atomic E-state index is 1.37. The van der Waals surface area contributed by atoms with Gasteiger partial charge in [-0.1, -0.05) is 362 Å². The molecule has 0 amide bonds. The third-order valence-corrected chi connectivity index (χ3v) is 16.9. The van der Waals surface area contributed by atoms with Crippen LogP contribution < -0.4 is 0 Å². The molecule has 416 valence electrons. The fourth-order valence-corrected chi connectivity index (χ4v) is 11.9. The second kappa shape index (κ2) is 62.3. The van der Waals surface area contributed by atoms with Crippen molar-refractivity contribution >= 4 is 0 Å². The lowest BCUT2D eigenvalue weighted by atomic mass is 10.0. The summed E-state index contributed by atoms with van der Waals surface area (Å²) in [6.45, 7) is 15.3. The van der Waals surface area contributed by atoms with Crippen LogP contribution in [0.25, 0.3) is 0 Å². The van der Waals surface area contributed by atoms with Crippen molar-refractivity contribution < 1.29 is 4.48 Å². The first-order chi connectivity index (χ1) is 34.2. The van der Waals surface area contributed by atoms with Crippen molar-refractivity contribution in [2.24, 2.45) is 0 Å². The van der Waals surface area contributed by atoms with E-state index in [0.717, 1.165) is 0 Å². The molecule has 0 saturated carbocycles. The molecule has 69 heavy (non-hydrogen) atoms. The van der Waals surface area contributed by atoms with Crippen LogP contribution in [-0.2, 0) is 0 Å². The summed E-state index contributed by atoms with van der Waals surface area (Å²) in [5, 5.41) is 0. The van der Waals surface area contributed by atoms with Crippen molar-refractivity contribution in [3.63, 3.8) is 0 Å². The largest absolute Gasteiger partial charge is 0.324 e. The van der Waals surface area contributed by atoms with Gasteiger partial charge in [0.05, 0.1) is 26.2 Å². The Morgan fingerprint density at radius 1 is 0.116 bits per heavy atom. The minimum Gasteiger partial charge on any atom is -0.324 e. The number of nitrogens with zero attached hydrogens (tertiary/aromatic N) is 1. The van der Waals surface area contributed by atoms with Crippen molar-refractivity contribution in [1.82, 2.24) is 0 Å². The molecule has 0 radical (unpaired) electrons. The van der Waals surface area contributed by atoms with Crippen molar-refractivity contribution in [3.05, 3.63) is 0 Å². The summed E-state index contributed by atoms with van der Waals surface area (Å²) >= 11 is 0. The molecule has 0 fully saturated rings. The molecule has 0 aliphatic heterocycles. The van der Waals surface area contributed by atoms with Gasteiger partial charge >= 0.3 is 0 Å². The van der Waals surface area contributed by atoms with E-state index in [4.69, 9.17) is 0 Å². The van der Waals surface area contributed by atoms with E-state index in [1.54, 1.807) is 0 Å². The topological polar surface area (TPSA) is 0 Å². The van der Waals surface area contributed by atoms with Crippen LogP contribution in [0, 0.1) is 0 Å². The average Bonchev–Trinajstić information content (AvgIpc) is 3.36. The van der Waals surface area contributed by atoms with Gasteiger partial charge in [-0.15, -0.1) is 0 Å². The van der Waals surface area contributed by atoms with E-state index < -0.39 is 0 Å². The summed E-state index contributed by atoms with van der Waals surface area (Å²) < 4.78 is 1.49. The molecule has 0 aromatic carbocycles. The van der Waals surface area contributed by atoms with Gasteiger partial charge < -0.3 is 4.48 Å². The van der Waals surface area contributed by atoms with Gasteiger partial charge in [0.1, 0.15) is 0 Å². The number of hydrogen-bond donors (Lipinski definition) is 0. The Morgan fingerprint density at radius 3 is 0.304 bits per heavy atom. The molecule has 0 heterocycles. The highest BCUT2D eigenvalue weighted by Crippen LogP contribution is 2.23. The lowest BCUT2D eigenvalue weighted by Crippen LogP contribution is -2.50. The number of unbranched alkanes of at least 4 members (excludes halogenated alkanes) is 56. The predicted molar refractivity (Wildman–Crippen MR) is 319 cm³/mol. The maximum atomic E-state index is 2.35. The van der Waals surface area contributed by atoms with E-state index in [1.807, 2.05) is 0 Å². The predicted octanol–water partition coefficient (Wildman–Crippen LogP) is 25.3. The van der Waals surface area contributed by atoms with Crippen LogP contribution in [0.5, 0.6) is 0 Å². The third-order valence-electron chi connectivity index (χ3n) is 16.9. The second-order valence-electron chi connectivity index (χ2n) is 24.0. The van der Waals surface area contributed by atoms with Crippen LogP contribution in [0.4, 0.5) is 0 Å². The van der Waals surface area contributed by atoms with Gasteiger partial charge in [-0.25, -0.2) is 0 Å². The Kier molecular flexibility index (Phi) is 62.2. The quantitative estimate of drug-likeness (QED) is 0.0421. The van der Waals surface area contributed by atoms with Gasteiger partial charge in [0.15, 0.2) is 0 Å². The van der Waals surface area contributed by atoms with Crippen molar-refractivity contribution in [2.75, 3.05) is 26.2 Å². The molecule has 0 N–H and O–H groups in total. The lowest BCUT2D eigenvalue weighted by molar-refractivity contribution is -0.929. The van der Waals surface area contributed by atoms with E-state index in [1.165, 1.54) is 416 Å². The van der Waals surface area contributed by atoms with Crippen molar-refractivity contribution in [1.29, 1.82) is 0 Å². The fourth-order valence-electron chi connectivity index (χ4n) is 11.9. The molecule has 1 nitrogen and oxygen atoms in total. The molecule has 0 atom stereocenters. The molecule has 0 aromatic heterocycles. The highest BCUT2D eigenvalue weighted by molar-refractivity contribution is 4.58. The van der Waals surface area contributed by atoms with E-state index in [-0.39, 0.29) is 0 Å². The van der Waals surface area contributed by atoms with Crippen LogP contribution >= 0.6 is 0 Å². The van der Waals surface area contributed by atoms with Crippen molar-refractivity contribution in [3.8, 4) is 0 Å². The molecule has 0 spiro atoms. The first-order valence-corrected chi connectivity index (χ1v) is 34.1. The van der Waals surface area contributed by atoms with Crippen LogP contribution in [-0.4, -0.2) is 30.7 Å². The third kappa shape index (κ3) is 57.1. The zero-order valence-electron chi connectivity index (χ0n) is 49.7. The van der Waals surface area contributed by atoms with E-state index >= 15 is 0 Å². The molecule has 0 aliphatic carbocycles. The zero-order chi connectivity index (χ0) is 49.8. The summed E-state index contributed by atoms with van der Waals surface area (Å²) in [5.41, 5.74) is 0. The lowest BCUT2D eigenvalue weighted by Gasteiger charge is -2.40. The van der Waals surface area contributed by atoms with Gasteiger partial charge in [-0.2, -0.15) is 0 Å². The van der Waals surface area contributed by atoms with Crippen LogP contribution in [0.3, 0.4) is 0 Å². The molecule has 0 rings (SSSR count). The van der Waals surface area contributed by atoms with Gasteiger partial charge in [-0.05, 0) is 51.4 Å². The Bertz CT molecular complexity index is 771. The van der Waals surface area contributed by atoms with Crippen molar-refractivity contribution in [2.45, 2.75) is 413 Å². The van der Waals surface area contributed by atoms with E-state index in [2.05, 4.69) is 27.7 Å². The SMILES string of the molecule is CCCCCCCCCCCCCCCCCCC[N+](CCCCCCCCCCC)(CCCCCCCCCCCCCCCCCCC)CCCCCCCCCCCCCCCCCCC. The summed E-state index contributed by atoms with van der Waals surface area (Å²) in [7, 11) is 0. The van der Waals surface area contributed by atoms with Gasteiger partial charge in [0.25, 0.3) is 0 Å². The van der Waals surface area contributed by atoms with E-state index in [0.29, 0.717) is 0 Å². The summed E-state index contributed by atoms with van der Waals surface area (Å²) in [4.78, 5) is 0. The second-order valence-corrected chi connectivity index (χ2v) is 24.0. The average molecular weight is 972 g/mol. The summed E-state index contributed by atoms with van der Waals surface area (Å²) in [6, 6.07) is 0. The standard InChI is InChI=1S/C68H140N/c1-5-9-13-17-21-25-28-31-34-37-40-43-46-50-54-58-62-66-69(65-61-57-53-49-24-20-16-12-8-4,67-63-59-55-51-47-44-41-38-35-32-29-26-22-18-14-10-6-2)68-64-60-56-52-48-45-42-39-36-33-30-27-23-19-15-11-7-3/h5-68H2,1-4H3/q+1. The number of quaternary nitrogens is 1. The van der Waals surface area contributed by atoms with Crippen LogP contribution in [0.1, 0.15) is 413 Å². The smallest absolute Gasteiger partial charge is 0.0786 e. The Labute approximate surface area is 441 Å². The van der Waals surface area contributed by atoms with Gasteiger partial charge in [0, 0.05) is 0 Å². The zero-order valence-corrected chi connectivity index (χ0v) is 49.7. The minimum absolute atomic E-state index is 1.37. The molecular weight excluding hydrogens is 831 g/mol. The molecule has 0 bridgehead atoms. The molecular formula is C68H140N+. The Morgan fingerprint density at radius 2 is 0.203 bits per heavy atom. The number of hydrogen-bond acceptors (Lipinski definition) is 0. The Balaban J connectivity index is 4.82. The van der Waals surface area contributed by atoms with E-state index in [9.17, 15) is 0 Å². The maximum Gasteiger partial charge on any atom is 0.0786 e. The molecule has 0 aliphatic rings. The first-order valence-electron chi connectivity index (χ1n) is 34.1. The molecule has 1 heteroatoms. The van der Waals surface area contributed by atoms with Crippen LogP contribution in [0.15, 0.2) is 0 Å². The van der Waals surface area contributed by atoms with Crippen LogP contribution in [0.2, 0.25) is 0 Å². The molecule has 0 unspecified atom stereocenters. The Hall–Kier alpha value is -0.0400. The number of rotatable bonds is 64. The molecule has 0 saturated heterocycles. The highest BCUT2D eigenvalue weighted by Gasteiger charge is 2.26. The highest BCUT2D eigenvalue weighted by atomic mass is 15.3. The molecule has 0 aromatic rings.